The minimum Gasteiger partial charge on any atom is -0.456 e. The molecule has 3 aliphatic rings. The average molecular weight is 1780 g/mol. The van der Waals surface area contributed by atoms with E-state index in [4.69, 9.17) is 4.42 Å². The van der Waals surface area contributed by atoms with Crippen LogP contribution in [0.3, 0.4) is 0 Å². The van der Waals surface area contributed by atoms with E-state index in [9.17, 15) is 0 Å². The fourth-order valence-electron chi connectivity index (χ4n) is 23.9. The summed E-state index contributed by atoms with van der Waals surface area (Å²) in [5.41, 5.74) is 43.4. The van der Waals surface area contributed by atoms with Crippen LogP contribution < -0.4 is 0 Å². The molecule has 0 bridgehead atoms. The summed E-state index contributed by atoms with van der Waals surface area (Å²) in [4.78, 5) is 0. The van der Waals surface area contributed by atoms with Gasteiger partial charge in [-0.3, -0.25) is 0 Å². The molecule has 0 unspecified atom stereocenters. The predicted molar refractivity (Wildman–Crippen MR) is 589 cm³/mol. The number of aromatic nitrogens is 3. The molecule has 3 aliphatic carbocycles. The highest BCUT2D eigenvalue weighted by atomic mass is 16.3. The Balaban J connectivity index is 0.000000104. The quantitative estimate of drug-likeness (QED) is 0.142. The van der Waals surface area contributed by atoms with Gasteiger partial charge < -0.3 is 18.1 Å². The normalized spacial score (nSPS) is 12.9. The summed E-state index contributed by atoms with van der Waals surface area (Å²) in [6.45, 7) is 4.68. The van der Waals surface area contributed by atoms with Crippen LogP contribution in [-0.2, 0) is 10.8 Å². The fraction of sp³-hybridized carbons (Fsp3) is 0.0294. The van der Waals surface area contributed by atoms with Gasteiger partial charge in [0.25, 0.3) is 0 Å². The first-order chi connectivity index (χ1) is 69.1. The maximum absolute atomic E-state index is 6.03. The van der Waals surface area contributed by atoms with Crippen LogP contribution in [0.2, 0.25) is 0 Å². The van der Waals surface area contributed by atoms with Crippen LogP contribution in [0.4, 0.5) is 0 Å². The predicted octanol–water partition coefficient (Wildman–Crippen LogP) is 36.4. The number of para-hydroxylation sites is 4. The topological polar surface area (TPSA) is 27.9 Å². The highest BCUT2D eigenvalue weighted by Crippen LogP contribution is 2.63. The summed E-state index contributed by atoms with van der Waals surface area (Å²) in [6.07, 6.45) is 0. The smallest absolute Gasteiger partial charge is 0.135 e. The second-order valence-electron chi connectivity index (χ2n) is 38.5. The Morgan fingerprint density at radius 3 is 0.864 bits per heavy atom. The van der Waals surface area contributed by atoms with E-state index < -0.39 is 0 Å². The van der Waals surface area contributed by atoms with E-state index in [0.29, 0.717) is 0 Å². The molecule has 0 radical (unpaired) electrons. The molecular weight excluding hydrogens is 1690 g/mol. The Kier molecular flexibility index (Phi) is 18.3. The Bertz CT molecular complexity index is 9780. The summed E-state index contributed by atoms with van der Waals surface area (Å²) in [5, 5.41) is 17.4. The van der Waals surface area contributed by atoms with Crippen LogP contribution in [0.5, 0.6) is 0 Å². The number of benzene rings is 23. The lowest BCUT2D eigenvalue weighted by atomic mass is 9.70. The summed E-state index contributed by atoms with van der Waals surface area (Å²) in [5.74, 6) is 0. The summed E-state index contributed by atoms with van der Waals surface area (Å²) in [7, 11) is 0. The van der Waals surface area contributed by atoms with Crippen molar-refractivity contribution in [3.63, 3.8) is 0 Å². The molecule has 4 nitrogen and oxygen atoms in total. The van der Waals surface area contributed by atoms with Crippen LogP contribution >= 0.6 is 0 Å². The van der Waals surface area contributed by atoms with Gasteiger partial charge in [0, 0.05) is 65.6 Å². The van der Waals surface area contributed by atoms with Crippen LogP contribution in [0.15, 0.2) is 508 Å². The van der Waals surface area contributed by atoms with E-state index in [0.717, 1.165) is 21.9 Å². The number of furan rings is 1. The molecule has 0 saturated heterocycles. The Labute approximate surface area is 810 Å². The molecule has 0 amide bonds. The van der Waals surface area contributed by atoms with Gasteiger partial charge in [-0.2, -0.15) is 0 Å². The lowest BCUT2D eigenvalue weighted by molar-refractivity contribution is 0.660. The van der Waals surface area contributed by atoms with E-state index >= 15 is 0 Å². The number of nitrogens with zero attached hydrogens (tertiary/aromatic N) is 3. The summed E-state index contributed by atoms with van der Waals surface area (Å²) < 4.78 is 13.2. The van der Waals surface area contributed by atoms with E-state index in [1.807, 2.05) is 12.1 Å². The lowest BCUT2D eigenvalue weighted by Gasteiger charge is -2.30. The van der Waals surface area contributed by atoms with Gasteiger partial charge in [-0.1, -0.05) is 384 Å². The van der Waals surface area contributed by atoms with Gasteiger partial charge in [-0.05, 0) is 299 Å². The van der Waals surface area contributed by atoms with Crippen molar-refractivity contribution in [2.24, 2.45) is 0 Å². The Morgan fingerprint density at radius 1 is 0.157 bits per heavy atom. The zero-order chi connectivity index (χ0) is 92.4. The van der Waals surface area contributed by atoms with Gasteiger partial charge >= 0.3 is 0 Å². The molecule has 1 spiro atoms. The summed E-state index contributed by atoms with van der Waals surface area (Å²) in [6, 6.07) is 185. The average Bonchev–Trinajstić information content (AvgIpc) is 1.51. The van der Waals surface area contributed by atoms with Crippen molar-refractivity contribution in [1.82, 2.24) is 13.7 Å². The molecule has 0 N–H and O–H groups in total. The van der Waals surface area contributed by atoms with Gasteiger partial charge in [0.2, 0.25) is 0 Å². The molecule has 0 aliphatic heterocycles. The van der Waals surface area contributed by atoms with Crippen molar-refractivity contribution in [2.45, 2.75) is 24.7 Å². The third kappa shape index (κ3) is 12.7. The molecule has 0 fully saturated rings. The van der Waals surface area contributed by atoms with Crippen LogP contribution in [0, 0.1) is 0 Å². The number of fused-ring (bicyclic) bond motifs is 28. The van der Waals surface area contributed by atoms with Crippen molar-refractivity contribution in [3.05, 3.63) is 537 Å². The van der Waals surface area contributed by atoms with Gasteiger partial charge in [0.1, 0.15) is 11.2 Å². The molecule has 4 heterocycles. The second-order valence-corrected chi connectivity index (χ2v) is 38.5. The molecule has 140 heavy (non-hydrogen) atoms. The molecule has 23 aromatic carbocycles. The lowest BCUT2D eigenvalue weighted by Crippen LogP contribution is -2.25. The first-order valence-electron chi connectivity index (χ1n) is 48.6. The fourth-order valence-corrected chi connectivity index (χ4v) is 23.9. The van der Waals surface area contributed by atoms with Crippen molar-refractivity contribution >= 4 is 120 Å². The maximum atomic E-state index is 6.03. The SMILES string of the molecule is CC1(C)c2ccccc2-c2cc(-c3cccc(-c4ccc5c(c4)c4ccccc4n5-c4ccc5ccccc5c4)c3)ccc21.c1cc(-c2ccc3c(c2)-c2ccccc2C32c3ccccc3-c3ccccc32)cc(-c2ccc3c(c2)c2ccccc2n3-c2ccc3ccccc3c2)c1.c1ccc2cc(-n3c4ccccc4c4cc(-c5ccc(-c6ccc7oc8ccccc8c7c6)cc5)ccc43)ccc2c1. The van der Waals surface area contributed by atoms with Gasteiger partial charge in [-0.15, -0.1) is 0 Å². The van der Waals surface area contributed by atoms with Crippen molar-refractivity contribution in [2.75, 3.05) is 0 Å². The van der Waals surface area contributed by atoms with Gasteiger partial charge in [0.05, 0.1) is 38.5 Å². The van der Waals surface area contributed by atoms with Crippen molar-refractivity contribution in [1.29, 1.82) is 0 Å². The number of hydrogen-bond donors (Lipinski definition) is 0. The standard InChI is InChI=1S/C53H33N.C43H31N.C40H25NO/c1-2-13-37-31-40(27-24-34(37)12-1)54-51-23-10-6-19-44(51)46-33-39(26-29-52(46)54)36-15-11-14-35(30-36)38-25-28-50-45(32-38)43-18-5-9-22-49(43)53(50)47-20-7-3-16-41(47)42-17-4-8-21-48(42)53;1-43(2)39-16-7-5-14-35(39)37-26-32(19-22-40(37)43)29-12-9-13-30(24-29)33-20-23-42-38(27-33)36-15-6-8-17-41(36)44(42)34-21-18-28-10-3-4-11-31(28)25-34;1-2-8-29-23-32(20-17-26(29)7-1)41-37-11-5-3-9-33(37)35-24-30(18-21-38(35)41)27-13-15-28(16-14-27)31-19-22-40-36(25-31)34-10-4-6-12-39(34)42-40/h1-33H;3-27H,1-2H3;1-25H. The number of rotatable bonds is 9. The number of hydrogen-bond acceptors (Lipinski definition) is 1. The molecule has 0 saturated carbocycles. The molecule has 30 rings (SSSR count). The highest BCUT2D eigenvalue weighted by molar-refractivity contribution is 6.15. The molecule has 0 atom stereocenters. The minimum absolute atomic E-state index is 0.0216. The van der Waals surface area contributed by atoms with Gasteiger partial charge in [0.15, 0.2) is 0 Å². The third-order valence-electron chi connectivity index (χ3n) is 30.6. The van der Waals surface area contributed by atoms with E-state index in [1.165, 1.54) is 248 Å². The van der Waals surface area contributed by atoms with E-state index in [1.54, 1.807) is 0 Å². The highest BCUT2D eigenvalue weighted by Gasteiger charge is 2.51. The first-order valence-corrected chi connectivity index (χ1v) is 48.6. The largest absolute Gasteiger partial charge is 0.456 e. The van der Waals surface area contributed by atoms with Crippen LogP contribution in [0.25, 0.3) is 237 Å². The first kappa shape index (κ1) is 80.5. The second kappa shape index (κ2) is 31.8. The molecular formula is C136H89N3O. The maximum Gasteiger partial charge on any atom is 0.135 e. The Morgan fingerprint density at radius 2 is 0.429 bits per heavy atom. The van der Waals surface area contributed by atoms with Crippen molar-refractivity contribution in [3.8, 4) is 117 Å². The van der Waals surface area contributed by atoms with Crippen molar-refractivity contribution < 1.29 is 4.42 Å². The monoisotopic (exact) mass is 1780 g/mol. The summed E-state index contributed by atoms with van der Waals surface area (Å²) >= 11 is 0. The van der Waals surface area contributed by atoms with E-state index in [-0.39, 0.29) is 10.8 Å². The van der Waals surface area contributed by atoms with Gasteiger partial charge in [-0.25, -0.2) is 0 Å². The molecule has 27 aromatic rings. The van der Waals surface area contributed by atoms with E-state index in [2.05, 4.69) is 519 Å². The minimum atomic E-state index is -0.319. The molecule has 654 valence electrons. The zero-order valence-electron chi connectivity index (χ0n) is 77.2. The van der Waals surface area contributed by atoms with Crippen LogP contribution in [-0.4, -0.2) is 13.7 Å². The van der Waals surface area contributed by atoms with Crippen LogP contribution in [0.1, 0.15) is 47.2 Å². The molecule has 4 heteroatoms. The Hall–Kier alpha value is -18.0. The zero-order valence-corrected chi connectivity index (χ0v) is 77.2. The third-order valence-corrected chi connectivity index (χ3v) is 30.6. The molecule has 4 aromatic heterocycles.